The van der Waals surface area contributed by atoms with Crippen LogP contribution in [0.5, 0.6) is 11.5 Å². The lowest BCUT2D eigenvalue weighted by atomic mass is 10.2. The molecule has 1 atom stereocenters. The summed E-state index contributed by atoms with van der Waals surface area (Å²) in [6.07, 6.45) is 0. The van der Waals surface area contributed by atoms with Crippen molar-refractivity contribution < 1.29 is 22.5 Å². The van der Waals surface area contributed by atoms with E-state index in [1.807, 2.05) is 37.4 Å². The molecule has 1 fully saturated rings. The van der Waals surface area contributed by atoms with Crippen LogP contribution in [-0.2, 0) is 19.3 Å². The minimum atomic E-state index is -3.88. The highest BCUT2D eigenvalue weighted by Gasteiger charge is 2.41. The summed E-state index contributed by atoms with van der Waals surface area (Å²) in [7, 11) is -6.11. The van der Waals surface area contributed by atoms with Gasteiger partial charge in [-0.25, -0.2) is 13.9 Å². The lowest BCUT2D eigenvalue weighted by molar-refractivity contribution is -0.131. The summed E-state index contributed by atoms with van der Waals surface area (Å²) >= 11 is 4.94. The number of thioether (sulfide) groups is 1. The number of ether oxygens (including phenoxy) is 1. The van der Waals surface area contributed by atoms with E-state index >= 15 is 0 Å². The molecule has 0 radical (unpaired) electrons. The van der Waals surface area contributed by atoms with Gasteiger partial charge in [-0.2, -0.15) is 16.1 Å². The standard InChI is InChI=1S/C23H31BrN2O5S2Si/c1-23(2,3)34(4,5)31-25-22(27)21-16-32-15-14-26(21)33(28,29)20-12-10-19(11-13-20)30-18-8-6-17(24)7-9-18/h6-13,21H,14-16H2,1-5H3,(H,25,27)/t21-/m0/s1. The van der Waals surface area contributed by atoms with Crippen LogP contribution < -0.4 is 10.2 Å². The zero-order valence-corrected chi connectivity index (χ0v) is 24.2. The number of benzene rings is 2. The van der Waals surface area contributed by atoms with E-state index in [9.17, 15) is 13.2 Å². The van der Waals surface area contributed by atoms with Crippen LogP contribution in [0.4, 0.5) is 0 Å². The number of amides is 1. The summed E-state index contributed by atoms with van der Waals surface area (Å²) in [6, 6.07) is 12.8. The van der Waals surface area contributed by atoms with E-state index in [1.165, 1.54) is 16.4 Å². The number of nitrogens with zero attached hydrogens (tertiary/aromatic N) is 1. The lowest BCUT2D eigenvalue weighted by Gasteiger charge is -2.37. The second-order valence-electron chi connectivity index (χ2n) is 9.56. The number of hydrogen-bond acceptors (Lipinski definition) is 6. The Bertz CT molecular complexity index is 1100. The van der Waals surface area contributed by atoms with Gasteiger partial charge in [-0.05, 0) is 66.7 Å². The monoisotopic (exact) mass is 586 g/mol. The number of nitrogens with one attached hydrogen (secondary N) is 1. The highest BCUT2D eigenvalue weighted by atomic mass is 79.9. The minimum absolute atomic E-state index is 0.0899. The van der Waals surface area contributed by atoms with Crippen LogP contribution in [0.1, 0.15) is 20.8 Å². The molecule has 1 N–H and O–H groups in total. The molecule has 0 aliphatic carbocycles. The smallest absolute Gasteiger partial charge is 0.261 e. The van der Waals surface area contributed by atoms with Crippen LogP contribution in [-0.4, -0.2) is 51.0 Å². The number of carbonyl (C=O) groups is 1. The van der Waals surface area contributed by atoms with Crippen molar-refractivity contribution in [3.63, 3.8) is 0 Å². The molecule has 0 saturated carbocycles. The van der Waals surface area contributed by atoms with Crippen molar-refractivity contribution in [2.75, 3.05) is 18.1 Å². The maximum Gasteiger partial charge on any atom is 0.261 e. The molecule has 11 heteroatoms. The first-order chi connectivity index (χ1) is 15.8. The van der Waals surface area contributed by atoms with Crippen LogP contribution in [0.25, 0.3) is 0 Å². The molecular formula is C23H31BrN2O5S2Si. The van der Waals surface area contributed by atoms with Crippen molar-refractivity contribution in [2.45, 2.75) is 49.8 Å². The molecule has 1 saturated heterocycles. The van der Waals surface area contributed by atoms with Gasteiger partial charge in [0.25, 0.3) is 5.91 Å². The number of carbonyl (C=O) groups excluding carboxylic acids is 1. The summed E-state index contributed by atoms with van der Waals surface area (Å²) in [4.78, 5) is 13.1. The van der Waals surface area contributed by atoms with Gasteiger partial charge >= 0.3 is 0 Å². The van der Waals surface area contributed by atoms with Gasteiger partial charge in [0.1, 0.15) is 17.5 Å². The third-order valence-corrected chi connectivity index (χ3v) is 13.8. The molecule has 0 bridgehead atoms. The van der Waals surface area contributed by atoms with Crippen LogP contribution in [0.2, 0.25) is 18.1 Å². The van der Waals surface area contributed by atoms with E-state index in [4.69, 9.17) is 9.26 Å². The van der Waals surface area contributed by atoms with Crippen LogP contribution in [0.15, 0.2) is 57.9 Å². The molecule has 186 valence electrons. The highest BCUT2D eigenvalue weighted by molar-refractivity contribution is 9.10. The van der Waals surface area contributed by atoms with Crippen LogP contribution in [0.3, 0.4) is 0 Å². The molecule has 1 heterocycles. The second kappa shape index (κ2) is 10.7. The first kappa shape index (κ1) is 27.2. The van der Waals surface area contributed by atoms with Gasteiger partial charge in [-0.1, -0.05) is 36.7 Å². The highest BCUT2D eigenvalue weighted by Crippen LogP contribution is 2.36. The molecule has 0 aromatic heterocycles. The molecule has 7 nitrogen and oxygen atoms in total. The Morgan fingerprint density at radius 1 is 1.09 bits per heavy atom. The van der Waals surface area contributed by atoms with Crippen molar-refractivity contribution in [2.24, 2.45) is 0 Å². The largest absolute Gasteiger partial charge is 0.457 e. The van der Waals surface area contributed by atoms with E-state index < -0.39 is 30.3 Å². The Morgan fingerprint density at radius 3 is 2.21 bits per heavy atom. The predicted molar refractivity (Wildman–Crippen MR) is 142 cm³/mol. The van der Waals surface area contributed by atoms with Gasteiger partial charge in [0.2, 0.25) is 18.3 Å². The Labute approximate surface area is 215 Å². The van der Waals surface area contributed by atoms with E-state index in [1.54, 1.807) is 23.9 Å². The predicted octanol–water partition coefficient (Wildman–Crippen LogP) is 5.40. The molecule has 0 spiro atoms. The number of sulfonamides is 1. The molecule has 3 rings (SSSR count). The number of hydroxylamine groups is 1. The Kier molecular flexibility index (Phi) is 8.57. The van der Waals surface area contributed by atoms with Crippen molar-refractivity contribution in [1.82, 2.24) is 9.79 Å². The third kappa shape index (κ3) is 6.44. The number of halogens is 1. The molecule has 34 heavy (non-hydrogen) atoms. The molecule has 1 aliphatic heterocycles. The van der Waals surface area contributed by atoms with E-state index in [0.717, 1.165) is 4.47 Å². The maximum absolute atomic E-state index is 13.4. The van der Waals surface area contributed by atoms with Crippen LogP contribution >= 0.6 is 27.7 Å². The fraction of sp³-hybridized carbons (Fsp3) is 0.435. The fourth-order valence-electron chi connectivity index (χ4n) is 2.94. The first-order valence-corrected chi connectivity index (χ1v) is 17.2. The average molecular weight is 588 g/mol. The molecule has 2 aromatic rings. The summed E-state index contributed by atoms with van der Waals surface area (Å²) < 4.78 is 40.7. The van der Waals surface area contributed by atoms with Gasteiger partial charge in [-0.15, -0.1) is 0 Å². The fourth-order valence-corrected chi connectivity index (χ4v) is 6.71. The summed E-state index contributed by atoms with van der Waals surface area (Å²) in [6.45, 7) is 10.5. The topological polar surface area (TPSA) is 84.9 Å². The lowest BCUT2D eigenvalue weighted by Crippen LogP contribution is -2.56. The second-order valence-corrected chi connectivity index (χ2v) is 18.2. The quantitative estimate of drug-likeness (QED) is 0.345. The normalized spacial score (nSPS) is 17.9. The Balaban J connectivity index is 1.74. The first-order valence-electron chi connectivity index (χ1n) is 10.9. The molecule has 1 aliphatic rings. The van der Waals surface area contributed by atoms with Crippen molar-refractivity contribution in [1.29, 1.82) is 0 Å². The molecule has 0 unspecified atom stereocenters. The maximum atomic E-state index is 13.4. The van der Waals surface area contributed by atoms with Gasteiger partial charge in [0, 0.05) is 22.5 Å². The zero-order chi connectivity index (χ0) is 25.1. The van der Waals surface area contributed by atoms with Crippen LogP contribution in [0, 0.1) is 0 Å². The van der Waals surface area contributed by atoms with Gasteiger partial charge in [-0.3, -0.25) is 4.79 Å². The summed E-state index contributed by atoms with van der Waals surface area (Å²) in [5.41, 5.74) is 2.57. The molecule has 2 aromatic carbocycles. The molecule has 1 amide bonds. The van der Waals surface area contributed by atoms with E-state index in [2.05, 4.69) is 42.2 Å². The average Bonchev–Trinajstić information content (AvgIpc) is 2.78. The SMILES string of the molecule is CC(C)(C)[Si](C)(C)ONC(=O)[C@@H]1CSCCN1S(=O)(=O)c1ccc(Oc2ccc(Br)cc2)cc1. The molecular weight excluding hydrogens is 556 g/mol. The number of rotatable bonds is 7. The van der Waals surface area contributed by atoms with Crippen molar-refractivity contribution >= 4 is 51.9 Å². The third-order valence-electron chi connectivity index (χ3n) is 6.07. The van der Waals surface area contributed by atoms with Gasteiger partial charge < -0.3 is 9.26 Å². The van der Waals surface area contributed by atoms with E-state index in [-0.39, 0.29) is 16.5 Å². The Hall–Kier alpha value is -1.37. The van der Waals surface area contributed by atoms with Gasteiger partial charge in [0.15, 0.2) is 0 Å². The minimum Gasteiger partial charge on any atom is -0.457 e. The zero-order valence-electron chi connectivity index (χ0n) is 20.0. The van der Waals surface area contributed by atoms with Crippen molar-refractivity contribution in [3.05, 3.63) is 53.0 Å². The summed E-state index contributed by atoms with van der Waals surface area (Å²) in [5, 5.41) is -0.0899. The van der Waals surface area contributed by atoms with E-state index in [0.29, 0.717) is 23.0 Å². The van der Waals surface area contributed by atoms with Gasteiger partial charge in [0.05, 0.1) is 4.90 Å². The Morgan fingerprint density at radius 2 is 1.65 bits per heavy atom. The van der Waals surface area contributed by atoms with Crippen molar-refractivity contribution in [3.8, 4) is 11.5 Å². The summed E-state index contributed by atoms with van der Waals surface area (Å²) in [5.74, 6) is 1.72. The number of hydrogen-bond donors (Lipinski definition) is 1.